The van der Waals surface area contributed by atoms with Gasteiger partial charge in [0.25, 0.3) is 0 Å². The van der Waals surface area contributed by atoms with E-state index < -0.39 is 6.10 Å². The van der Waals surface area contributed by atoms with Crippen molar-refractivity contribution in [3.05, 3.63) is 17.2 Å². The third kappa shape index (κ3) is 2.56. The highest BCUT2D eigenvalue weighted by Crippen LogP contribution is 2.20. The molecule has 5 heteroatoms. The number of hydrogen-bond acceptors (Lipinski definition) is 4. The summed E-state index contributed by atoms with van der Waals surface area (Å²) in [6.45, 7) is 3.70. The van der Waals surface area contributed by atoms with Crippen LogP contribution in [0.4, 0.5) is 0 Å². The van der Waals surface area contributed by atoms with Crippen LogP contribution in [0.5, 0.6) is 0 Å². The number of hydrogen-bond donors (Lipinski definition) is 4. The molecule has 15 heavy (non-hydrogen) atoms. The van der Waals surface area contributed by atoms with Crippen LogP contribution in [0.3, 0.4) is 0 Å². The average molecular weight is 213 g/mol. The highest BCUT2D eigenvalue weighted by atomic mass is 16.3. The van der Waals surface area contributed by atoms with Gasteiger partial charge in [0.05, 0.1) is 18.0 Å². The standard InChI is InChI=1S/C10H19N3O2/c1-3-6(11)10(15)9-7(5-14)12-8(4-2)13-9/h6,10,14-15H,3-5,11H2,1-2H3,(H,12,13). The van der Waals surface area contributed by atoms with Crippen LogP contribution in [0.25, 0.3) is 0 Å². The predicted octanol–water partition coefficient (Wildman–Crippen LogP) is 0.235. The molecule has 5 N–H and O–H groups in total. The summed E-state index contributed by atoms with van der Waals surface area (Å²) in [6, 6.07) is -0.344. The van der Waals surface area contributed by atoms with Crippen LogP contribution < -0.4 is 5.73 Å². The summed E-state index contributed by atoms with van der Waals surface area (Å²) in [7, 11) is 0. The number of aliphatic hydroxyl groups is 2. The second-order valence-electron chi connectivity index (χ2n) is 3.58. The SMILES string of the molecule is CCc1nc(C(O)C(N)CC)c(CO)[nH]1. The summed E-state index contributed by atoms with van der Waals surface area (Å²) in [5.74, 6) is 0.761. The predicted molar refractivity (Wildman–Crippen MR) is 57.1 cm³/mol. The van der Waals surface area contributed by atoms with Crippen LogP contribution in [0.1, 0.15) is 43.6 Å². The van der Waals surface area contributed by atoms with E-state index in [0.717, 1.165) is 12.2 Å². The summed E-state index contributed by atoms with van der Waals surface area (Å²) < 4.78 is 0. The van der Waals surface area contributed by atoms with E-state index in [1.807, 2.05) is 13.8 Å². The highest BCUT2D eigenvalue weighted by Gasteiger charge is 2.21. The number of aryl methyl sites for hydroxylation is 1. The molecule has 86 valence electrons. The molecule has 0 aliphatic carbocycles. The monoisotopic (exact) mass is 213 g/mol. The van der Waals surface area contributed by atoms with Gasteiger partial charge in [0, 0.05) is 12.5 Å². The number of imidazole rings is 1. The molecule has 0 radical (unpaired) electrons. The highest BCUT2D eigenvalue weighted by molar-refractivity contribution is 5.18. The molecule has 0 aliphatic heterocycles. The Balaban J connectivity index is 2.95. The molecule has 1 aromatic rings. The number of aromatic nitrogens is 2. The lowest BCUT2D eigenvalue weighted by molar-refractivity contribution is 0.136. The Morgan fingerprint density at radius 1 is 1.47 bits per heavy atom. The minimum atomic E-state index is -0.811. The fourth-order valence-corrected chi connectivity index (χ4v) is 1.44. The first kappa shape index (κ1) is 12.2. The average Bonchev–Trinajstić information content (AvgIpc) is 2.69. The third-order valence-corrected chi connectivity index (χ3v) is 2.51. The zero-order valence-corrected chi connectivity index (χ0v) is 9.20. The smallest absolute Gasteiger partial charge is 0.113 e. The van der Waals surface area contributed by atoms with E-state index in [1.165, 1.54) is 0 Å². The van der Waals surface area contributed by atoms with E-state index in [9.17, 15) is 5.11 Å². The van der Waals surface area contributed by atoms with E-state index in [2.05, 4.69) is 9.97 Å². The van der Waals surface area contributed by atoms with Crippen LogP contribution >= 0.6 is 0 Å². The molecule has 0 aliphatic rings. The van der Waals surface area contributed by atoms with Crippen LogP contribution in [-0.2, 0) is 13.0 Å². The molecule has 0 bridgehead atoms. The maximum absolute atomic E-state index is 9.89. The van der Waals surface area contributed by atoms with Gasteiger partial charge in [-0.25, -0.2) is 4.98 Å². The summed E-state index contributed by atoms with van der Waals surface area (Å²) in [5, 5.41) is 19.0. The Hall–Kier alpha value is -0.910. The number of nitrogens with two attached hydrogens (primary N) is 1. The normalized spacial score (nSPS) is 15.3. The van der Waals surface area contributed by atoms with E-state index >= 15 is 0 Å². The first-order valence-corrected chi connectivity index (χ1v) is 5.26. The summed E-state index contributed by atoms with van der Waals surface area (Å²) in [6.07, 6.45) is 0.593. The lowest BCUT2D eigenvalue weighted by atomic mass is 10.1. The van der Waals surface area contributed by atoms with Gasteiger partial charge in [-0.1, -0.05) is 13.8 Å². The zero-order valence-electron chi connectivity index (χ0n) is 9.20. The quantitative estimate of drug-likeness (QED) is 0.563. The van der Waals surface area contributed by atoms with Gasteiger partial charge in [-0.2, -0.15) is 0 Å². The van der Waals surface area contributed by atoms with Gasteiger partial charge in [-0.15, -0.1) is 0 Å². The Morgan fingerprint density at radius 2 is 2.13 bits per heavy atom. The molecule has 2 unspecified atom stereocenters. The maximum Gasteiger partial charge on any atom is 0.113 e. The van der Waals surface area contributed by atoms with Crippen molar-refractivity contribution >= 4 is 0 Å². The van der Waals surface area contributed by atoms with Gasteiger partial charge in [-0.3, -0.25) is 0 Å². The zero-order chi connectivity index (χ0) is 11.4. The first-order valence-electron chi connectivity index (χ1n) is 5.26. The minimum absolute atomic E-state index is 0.157. The van der Waals surface area contributed by atoms with E-state index in [0.29, 0.717) is 17.8 Å². The molecule has 1 heterocycles. The van der Waals surface area contributed by atoms with Crippen molar-refractivity contribution in [3.8, 4) is 0 Å². The van der Waals surface area contributed by atoms with Crippen LogP contribution in [0, 0.1) is 0 Å². The number of nitrogens with one attached hydrogen (secondary N) is 1. The molecule has 0 saturated carbocycles. The number of aliphatic hydroxyl groups excluding tert-OH is 2. The summed E-state index contributed by atoms with van der Waals surface area (Å²) in [5.41, 5.74) is 6.77. The Morgan fingerprint density at radius 3 is 2.60 bits per heavy atom. The maximum atomic E-state index is 9.89. The van der Waals surface area contributed by atoms with Crippen molar-refractivity contribution in [2.45, 2.75) is 45.4 Å². The van der Waals surface area contributed by atoms with Crippen molar-refractivity contribution in [3.63, 3.8) is 0 Å². The molecular weight excluding hydrogens is 194 g/mol. The molecule has 0 fully saturated rings. The Bertz CT molecular complexity index is 312. The van der Waals surface area contributed by atoms with Gasteiger partial charge in [0.15, 0.2) is 0 Å². The fourth-order valence-electron chi connectivity index (χ4n) is 1.44. The van der Waals surface area contributed by atoms with Crippen LogP contribution in [0.2, 0.25) is 0 Å². The van der Waals surface area contributed by atoms with Gasteiger partial charge in [0.2, 0.25) is 0 Å². The molecule has 1 rings (SSSR count). The molecule has 0 aromatic carbocycles. The molecule has 0 spiro atoms. The van der Waals surface area contributed by atoms with Gasteiger partial charge in [0.1, 0.15) is 11.9 Å². The van der Waals surface area contributed by atoms with E-state index in [-0.39, 0.29) is 12.6 Å². The van der Waals surface area contributed by atoms with E-state index in [4.69, 9.17) is 10.8 Å². The van der Waals surface area contributed by atoms with Crippen molar-refractivity contribution in [2.24, 2.45) is 5.73 Å². The molecular formula is C10H19N3O2. The number of aromatic amines is 1. The molecule has 5 nitrogen and oxygen atoms in total. The summed E-state index contributed by atoms with van der Waals surface area (Å²) >= 11 is 0. The third-order valence-electron chi connectivity index (χ3n) is 2.51. The number of nitrogens with zero attached hydrogens (tertiary/aromatic N) is 1. The lowest BCUT2D eigenvalue weighted by Crippen LogP contribution is -2.28. The molecule has 1 aromatic heterocycles. The first-order chi connectivity index (χ1) is 7.13. The van der Waals surface area contributed by atoms with Gasteiger partial charge < -0.3 is 20.9 Å². The van der Waals surface area contributed by atoms with Crippen molar-refractivity contribution in [2.75, 3.05) is 0 Å². The minimum Gasteiger partial charge on any atom is -0.390 e. The van der Waals surface area contributed by atoms with Gasteiger partial charge in [-0.05, 0) is 6.42 Å². The van der Waals surface area contributed by atoms with Crippen molar-refractivity contribution in [1.29, 1.82) is 0 Å². The van der Waals surface area contributed by atoms with Crippen LogP contribution in [0.15, 0.2) is 0 Å². The number of H-pyrrole nitrogens is 1. The topological polar surface area (TPSA) is 95.2 Å². The second kappa shape index (κ2) is 5.25. The van der Waals surface area contributed by atoms with Crippen LogP contribution in [-0.4, -0.2) is 26.2 Å². The second-order valence-corrected chi connectivity index (χ2v) is 3.58. The molecule has 2 atom stereocenters. The van der Waals surface area contributed by atoms with Gasteiger partial charge >= 0.3 is 0 Å². The van der Waals surface area contributed by atoms with Crippen molar-refractivity contribution in [1.82, 2.24) is 9.97 Å². The lowest BCUT2D eigenvalue weighted by Gasteiger charge is -2.15. The number of rotatable bonds is 5. The summed E-state index contributed by atoms with van der Waals surface area (Å²) in [4.78, 5) is 7.19. The largest absolute Gasteiger partial charge is 0.390 e. The van der Waals surface area contributed by atoms with E-state index in [1.54, 1.807) is 0 Å². The fraction of sp³-hybridized carbons (Fsp3) is 0.700. The molecule has 0 amide bonds. The molecule has 0 saturated heterocycles. The Kier molecular flexibility index (Phi) is 4.26. The van der Waals surface area contributed by atoms with Crippen molar-refractivity contribution < 1.29 is 10.2 Å². The Labute approximate surface area is 89.3 Å².